The summed E-state index contributed by atoms with van der Waals surface area (Å²) >= 11 is 0. The Morgan fingerprint density at radius 3 is 2.50 bits per heavy atom. The predicted molar refractivity (Wildman–Crippen MR) is 36.3 cm³/mol. The number of rotatable bonds is 4. The second-order valence-electron chi connectivity index (χ2n) is 1.64. The van der Waals surface area contributed by atoms with Gasteiger partial charge in [-0.2, -0.15) is 0 Å². The number of methoxy groups -OCH3 is 1. The first-order valence-electron chi connectivity index (χ1n) is 3.04. The monoisotopic (exact) mass is 178 g/mol. The van der Waals surface area contributed by atoms with Gasteiger partial charge in [-0.3, -0.25) is 0 Å². The van der Waals surface area contributed by atoms with Crippen LogP contribution in [-0.4, -0.2) is 32.3 Å². The summed E-state index contributed by atoms with van der Waals surface area (Å²) in [4.78, 5) is 24.9. The average molecular weight is 178 g/mol. The minimum absolute atomic E-state index is 0.00496. The highest BCUT2D eigenvalue weighted by molar-refractivity contribution is 6.29. The highest BCUT2D eigenvalue weighted by Crippen LogP contribution is 1.81. The third kappa shape index (κ3) is 4.61. The number of hydrogen-bond donors (Lipinski definition) is 2. The zero-order chi connectivity index (χ0) is 9.40. The maximum atomic E-state index is 10.6. The van der Waals surface area contributed by atoms with Gasteiger partial charge in [0.1, 0.15) is 6.61 Å². The quantitative estimate of drug-likeness (QED) is 0.170. The molecule has 0 amide bonds. The molecule has 0 aromatic heterocycles. The molecule has 0 atom stereocenters. The summed E-state index contributed by atoms with van der Waals surface area (Å²) in [5.41, 5.74) is 1.56. The van der Waals surface area contributed by atoms with Crippen molar-refractivity contribution in [3.05, 3.63) is 0 Å². The zero-order valence-corrected chi connectivity index (χ0v) is 6.53. The van der Waals surface area contributed by atoms with Crippen LogP contribution < -0.4 is 11.4 Å². The molecule has 0 radical (unpaired) electrons. The van der Waals surface area contributed by atoms with E-state index >= 15 is 0 Å². The second-order valence-corrected chi connectivity index (χ2v) is 1.64. The van der Waals surface area contributed by atoms with Gasteiger partial charge in [-0.15, -0.1) is 0 Å². The third-order valence-electron chi connectivity index (χ3n) is 0.839. The first kappa shape index (κ1) is 10.8. The number of esters is 1. The van der Waals surface area contributed by atoms with Gasteiger partial charge in [0.25, 0.3) is 0 Å². The number of hydrazine groups is 1. The summed E-state index contributed by atoms with van der Waals surface area (Å²) in [6.07, 6.45) is 0. The van der Waals surface area contributed by atoms with Gasteiger partial charge in [0.2, 0.25) is 0 Å². The lowest BCUT2D eigenvalue weighted by Gasteiger charge is -2.02. The summed E-state index contributed by atoms with van der Waals surface area (Å²) in [5.74, 6) is 2.28. The molecule has 70 valence electrons. The van der Waals surface area contributed by atoms with Crippen molar-refractivity contribution < 1.29 is 23.9 Å². The number of carbonyl (C=O) groups excluding carboxylic acids is 2. The number of ether oxygens (including phenoxy) is 2. The molecule has 0 aliphatic carbocycles. The lowest BCUT2D eigenvalue weighted by atomic mass is 10.7. The van der Waals surface area contributed by atoms with Crippen LogP contribution in [0.2, 0.25) is 0 Å². The predicted octanol–water partition coefficient (Wildman–Crippen LogP) is -1.90. The average Bonchev–Trinajstić information content (AvgIpc) is 2.05. The largest absolute Gasteiger partial charge is 0.455 e. The summed E-state index contributed by atoms with van der Waals surface area (Å²) < 4.78 is 8.93. The molecule has 0 spiro atoms. The number of carbonyl (C=O) groups is 2. The first-order chi connectivity index (χ1) is 5.72. The molecule has 0 fully saturated rings. The van der Waals surface area contributed by atoms with Crippen LogP contribution in [0.1, 0.15) is 0 Å². The topological polar surface area (TPSA) is 99.9 Å². The van der Waals surface area contributed by atoms with E-state index in [1.807, 2.05) is 0 Å². The van der Waals surface area contributed by atoms with Crippen molar-refractivity contribution >= 4 is 11.9 Å². The summed E-state index contributed by atoms with van der Waals surface area (Å²) in [6, 6.07) is 0. The lowest BCUT2D eigenvalue weighted by Crippen LogP contribution is -2.32. The fourth-order valence-corrected chi connectivity index (χ4v) is 0.372. The Bertz CT molecular complexity index is 160. The molecular formula is C5H10N2O5. The highest BCUT2D eigenvalue weighted by atomic mass is 16.7. The molecule has 0 saturated heterocycles. The Labute approximate surface area is 68.7 Å². The van der Waals surface area contributed by atoms with Crippen LogP contribution in [0.5, 0.6) is 0 Å². The molecule has 7 heteroatoms. The van der Waals surface area contributed by atoms with Crippen molar-refractivity contribution in [2.24, 2.45) is 5.84 Å². The Morgan fingerprint density at radius 1 is 1.33 bits per heavy atom. The van der Waals surface area contributed by atoms with Gasteiger partial charge in [-0.1, -0.05) is 5.59 Å². The zero-order valence-electron chi connectivity index (χ0n) is 6.53. The fourth-order valence-electron chi connectivity index (χ4n) is 0.372. The van der Waals surface area contributed by atoms with Crippen LogP contribution in [0, 0.1) is 0 Å². The van der Waals surface area contributed by atoms with Crippen LogP contribution in [-0.2, 0) is 23.9 Å². The molecule has 0 unspecified atom stereocenters. The molecular weight excluding hydrogens is 168 g/mol. The van der Waals surface area contributed by atoms with E-state index in [9.17, 15) is 9.59 Å². The van der Waals surface area contributed by atoms with Crippen LogP contribution in [0.3, 0.4) is 0 Å². The van der Waals surface area contributed by atoms with Crippen molar-refractivity contribution in [3.8, 4) is 0 Å². The van der Waals surface area contributed by atoms with E-state index in [0.29, 0.717) is 0 Å². The van der Waals surface area contributed by atoms with Crippen LogP contribution in [0.15, 0.2) is 0 Å². The number of nitrogens with one attached hydrogen (secondary N) is 1. The van der Waals surface area contributed by atoms with Crippen LogP contribution in [0.25, 0.3) is 0 Å². The van der Waals surface area contributed by atoms with E-state index in [2.05, 4.69) is 20.2 Å². The fraction of sp³-hybridized carbons (Fsp3) is 0.600. The van der Waals surface area contributed by atoms with E-state index in [1.54, 1.807) is 5.59 Å². The maximum Gasteiger partial charge on any atom is 0.437 e. The molecule has 0 bridgehead atoms. The molecule has 0 aromatic rings. The first-order valence-corrected chi connectivity index (χ1v) is 3.04. The Balaban J connectivity index is 3.50. The van der Waals surface area contributed by atoms with Gasteiger partial charge in [0.15, 0.2) is 0 Å². The standard InChI is InChI=1S/C5H10N2O5/c1-10-2-3-11-4(8)5(9)12-7-6/h7H,2-3,6H2,1H3. The van der Waals surface area contributed by atoms with Crippen molar-refractivity contribution in [2.75, 3.05) is 20.3 Å². The van der Waals surface area contributed by atoms with E-state index < -0.39 is 11.9 Å². The summed E-state index contributed by atoms with van der Waals surface area (Å²) in [5, 5.41) is 0. The SMILES string of the molecule is COCCOC(=O)C(=O)ONN. The second kappa shape index (κ2) is 6.53. The van der Waals surface area contributed by atoms with Crippen molar-refractivity contribution in [3.63, 3.8) is 0 Å². The van der Waals surface area contributed by atoms with Gasteiger partial charge < -0.3 is 14.3 Å². The van der Waals surface area contributed by atoms with E-state index in [-0.39, 0.29) is 13.2 Å². The Morgan fingerprint density at radius 2 is 2.00 bits per heavy atom. The highest BCUT2D eigenvalue weighted by Gasteiger charge is 2.16. The van der Waals surface area contributed by atoms with Crippen molar-refractivity contribution in [1.29, 1.82) is 0 Å². The van der Waals surface area contributed by atoms with Gasteiger partial charge in [0, 0.05) is 7.11 Å². The normalized spacial score (nSPS) is 9.17. The van der Waals surface area contributed by atoms with Gasteiger partial charge >= 0.3 is 11.9 Å². The van der Waals surface area contributed by atoms with E-state index in [0.717, 1.165) is 0 Å². The van der Waals surface area contributed by atoms with E-state index in [4.69, 9.17) is 0 Å². The van der Waals surface area contributed by atoms with E-state index in [1.165, 1.54) is 7.11 Å². The van der Waals surface area contributed by atoms with Gasteiger partial charge in [0.05, 0.1) is 6.61 Å². The molecule has 12 heavy (non-hydrogen) atoms. The van der Waals surface area contributed by atoms with Crippen molar-refractivity contribution in [2.45, 2.75) is 0 Å². The molecule has 0 saturated carbocycles. The molecule has 0 aliphatic heterocycles. The van der Waals surface area contributed by atoms with Gasteiger partial charge in [-0.25, -0.2) is 15.4 Å². The summed E-state index contributed by atoms with van der Waals surface area (Å²) in [7, 11) is 1.44. The molecule has 0 heterocycles. The van der Waals surface area contributed by atoms with Gasteiger partial charge in [-0.05, 0) is 0 Å². The molecule has 0 rings (SSSR count). The lowest BCUT2D eigenvalue weighted by molar-refractivity contribution is -0.173. The molecule has 0 aromatic carbocycles. The van der Waals surface area contributed by atoms with Crippen LogP contribution >= 0.6 is 0 Å². The van der Waals surface area contributed by atoms with Crippen molar-refractivity contribution in [1.82, 2.24) is 5.59 Å². The minimum atomic E-state index is -1.20. The Kier molecular flexibility index (Phi) is 5.88. The van der Waals surface area contributed by atoms with Crippen LogP contribution in [0.4, 0.5) is 0 Å². The number of hydrogen-bond acceptors (Lipinski definition) is 7. The Hall–Kier alpha value is -1.18. The third-order valence-corrected chi connectivity index (χ3v) is 0.839. The number of nitrogens with two attached hydrogens (primary N) is 1. The molecule has 3 N–H and O–H groups in total. The molecule has 7 nitrogen and oxygen atoms in total. The maximum absolute atomic E-state index is 10.6. The molecule has 0 aliphatic rings. The smallest absolute Gasteiger partial charge is 0.437 e. The minimum Gasteiger partial charge on any atom is -0.455 e. The summed E-state index contributed by atoms with van der Waals surface area (Å²) in [6.45, 7) is 0.212.